The number of hydrogen-bond donors (Lipinski definition) is 2. The first-order chi connectivity index (χ1) is 14.6. The SMILES string of the molecule is NC(=O)c1cnc(N2CC=C(Cc3ccccc3)CC2)c2c1[nH]c1ccc(F)cc12. The Balaban J connectivity index is 1.55. The number of aromatic nitrogens is 2. The van der Waals surface area contributed by atoms with Gasteiger partial charge in [0.2, 0.25) is 0 Å². The summed E-state index contributed by atoms with van der Waals surface area (Å²) in [6.45, 7) is 1.51. The van der Waals surface area contributed by atoms with Crippen LogP contribution in [0.4, 0.5) is 10.2 Å². The van der Waals surface area contributed by atoms with Crippen LogP contribution in [0.3, 0.4) is 0 Å². The molecule has 1 aliphatic rings. The van der Waals surface area contributed by atoms with Crippen LogP contribution in [0.2, 0.25) is 0 Å². The van der Waals surface area contributed by atoms with Crippen molar-refractivity contribution in [3.05, 3.63) is 83.3 Å². The molecule has 0 atom stereocenters. The lowest BCUT2D eigenvalue weighted by Gasteiger charge is -2.28. The molecule has 1 amide bonds. The number of carbonyl (C=O) groups excluding carboxylic acids is 1. The van der Waals surface area contributed by atoms with Gasteiger partial charge in [-0.2, -0.15) is 0 Å². The Kier molecular flexibility index (Phi) is 4.47. The first-order valence-electron chi connectivity index (χ1n) is 9.96. The van der Waals surface area contributed by atoms with E-state index in [2.05, 4.69) is 45.2 Å². The Bertz CT molecular complexity index is 1290. The summed E-state index contributed by atoms with van der Waals surface area (Å²) >= 11 is 0. The van der Waals surface area contributed by atoms with Gasteiger partial charge in [-0.15, -0.1) is 0 Å². The molecule has 6 heteroatoms. The first kappa shape index (κ1) is 18.4. The van der Waals surface area contributed by atoms with E-state index in [1.54, 1.807) is 6.07 Å². The molecule has 5 nitrogen and oxygen atoms in total. The van der Waals surface area contributed by atoms with E-state index in [1.165, 1.54) is 29.5 Å². The highest BCUT2D eigenvalue weighted by atomic mass is 19.1. The topological polar surface area (TPSA) is 75.0 Å². The lowest BCUT2D eigenvalue weighted by molar-refractivity contribution is 0.100. The molecule has 150 valence electrons. The molecule has 0 radical (unpaired) electrons. The molecule has 3 N–H and O–H groups in total. The minimum atomic E-state index is -0.560. The van der Waals surface area contributed by atoms with E-state index in [-0.39, 0.29) is 5.82 Å². The number of anilines is 1. The lowest BCUT2D eigenvalue weighted by atomic mass is 9.99. The van der Waals surface area contributed by atoms with Crippen molar-refractivity contribution in [3.63, 3.8) is 0 Å². The number of amides is 1. The van der Waals surface area contributed by atoms with Crippen molar-refractivity contribution in [2.75, 3.05) is 18.0 Å². The van der Waals surface area contributed by atoms with Gasteiger partial charge in [-0.3, -0.25) is 4.79 Å². The fraction of sp³-hybridized carbons (Fsp3) is 0.167. The number of halogens is 1. The Morgan fingerprint density at radius 2 is 2.03 bits per heavy atom. The number of pyridine rings is 1. The summed E-state index contributed by atoms with van der Waals surface area (Å²) < 4.78 is 14.0. The van der Waals surface area contributed by atoms with Gasteiger partial charge in [-0.1, -0.05) is 42.0 Å². The third kappa shape index (κ3) is 3.20. The molecule has 1 aliphatic heterocycles. The zero-order chi connectivity index (χ0) is 20.7. The van der Waals surface area contributed by atoms with Crippen LogP contribution in [0.15, 0.2) is 66.4 Å². The fourth-order valence-electron chi connectivity index (χ4n) is 4.20. The highest BCUT2D eigenvalue weighted by Gasteiger charge is 2.22. The van der Waals surface area contributed by atoms with E-state index in [1.807, 2.05) is 6.07 Å². The standard InChI is InChI=1S/C24H21FN4O/c25-17-6-7-20-18(13-17)21-22(28-20)19(23(26)30)14-27-24(21)29-10-8-16(9-11-29)12-15-4-2-1-3-5-15/h1-8,13-14,28H,9-12H2,(H2,26,30). The van der Waals surface area contributed by atoms with Gasteiger partial charge in [-0.05, 0) is 36.6 Å². The second-order valence-corrected chi connectivity index (χ2v) is 7.65. The number of primary amides is 1. The Hall–Kier alpha value is -3.67. The van der Waals surface area contributed by atoms with E-state index in [9.17, 15) is 9.18 Å². The minimum absolute atomic E-state index is 0.308. The van der Waals surface area contributed by atoms with E-state index in [0.29, 0.717) is 23.0 Å². The van der Waals surface area contributed by atoms with Gasteiger partial charge in [0.1, 0.15) is 11.6 Å². The molecule has 0 unspecified atom stereocenters. The van der Waals surface area contributed by atoms with Crippen molar-refractivity contribution in [3.8, 4) is 0 Å². The summed E-state index contributed by atoms with van der Waals surface area (Å²) in [5, 5.41) is 1.44. The quantitative estimate of drug-likeness (QED) is 0.501. The predicted octanol–water partition coefficient (Wildman–Crippen LogP) is 4.33. The Labute approximate surface area is 173 Å². The van der Waals surface area contributed by atoms with Gasteiger partial charge in [-0.25, -0.2) is 9.37 Å². The largest absolute Gasteiger partial charge is 0.365 e. The molecule has 4 aromatic rings. The molecule has 5 rings (SSSR count). The fourth-order valence-corrected chi connectivity index (χ4v) is 4.20. The van der Waals surface area contributed by atoms with Gasteiger partial charge in [0.15, 0.2) is 0 Å². The number of rotatable bonds is 4. The molecule has 3 heterocycles. The second kappa shape index (κ2) is 7.30. The van der Waals surface area contributed by atoms with Crippen LogP contribution in [0.5, 0.6) is 0 Å². The van der Waals surface area contributed by atoms with Crippen LogP contribution in [0, 0.1) is 5.82 Å². The highest BCUT2D eigenvalue weighted by Crippen LogP contribution is 2.35. The third-order valence-corrected chi connectivity index (χ3v) is 5.71. The number of benzene rings is 2. The van der Waals surface area contributed by atoms with Crippen molar-refractivity contribution in [1.29, 1.82) is 0 Å². The maximum atomic E-state index is 14.0. The number of nitrogens with one attached hydrogen (secondary N) is 1. The molecular weight excluding hydrogens is 379 g/mol. The maximum absolute atomic E-state index is 14.0. The summed E-state index contributed by atoms with van der Waals surface area (Å²) in [5.74, 6) is -0.154. The van der Waals surface area contributed by atoms with Crippen LogP contribution in [-0.2, 0) is 6.42 Å². The first-order valence-corrected chi connectivity index (χ1v) is 9.96. The Morgan fingerprint density at radius 3 is 2.77 bits per heavy atom. The normalized spacial score (nSPS) is 14.3. The minimum Gasteiger partial charge on any atom is -0.365 e. The summed E-state index contributed by atoms with van der Waals surface area (Å²) in [6, 6.07) is 15.0. The molecule has 2 aromatic carbocycles. The monoisotopic (exact) mass is 400 g/mol. The zero-order valence-corrected chi connectivity index (χ0v) is 16.4. The molecule has 0 fully saturated rings. The maximum Gasteiger partial charge on any atom is 0.252 e. The highest BCUT2D eigenvalue weighted by molar-refractivity contribution is 6.18. The molecule has 0 spiro atoms. The zero-order valence-electron chi connectivity index (χ0n) is 16.4. The molecule has 0 aliphatic carbocycles. The number of nitrogens with two attached hydrogens (primary N) is 1. The smallest absolute Gasteiger partial charge is 0.252 e. The molecular formula is C24H21FN4O. The molecule has 30 heavy (non-hydrogen) atoms. The number of aromatic amines is 1. The van der Waals surface area contributed by atoms with E-state index in [0.717, 1.165) is 36.1 Å². The van der Waals surface area contributed by atoms with Gasteiger partial charge >= 0.3 is 0 Å². The van der Waals surface area contributed by atoms with Crippen LogP contribution in [-0.4, -0.2) is 29.0 Å². The van der Waals surface area contributed by atoms with E-state index < -0.39 is 5.91 Å². The van der Waals surface area contributed by atoms with Crippen LogP contribution in [0.1, 0.15) is 22.3 Å². The number of carbonyl (C=O) groups is 1. The van der Waals surface area contributed by atoms with Crippen molar-refractivity contribution in [2.24, 2.45) is 5.73 Å². The third-order valence-electron chi connectivity index (χ3n) is 5.71. The molecule has 0 saturated carbocycles. The predicted molar refractivity (Wildman–Crippen MR) is 117 cm³/mol. The van der Waals surface area contributed by atoms with E-state index in [4.69, 9.17) is 5.73 Å². The second-order valence-electron chi connectivity index (χ2n) is 7.65. The lowest BCUT2D eigenvalue weighted by Crippen LogP contribution is -2.30. The average molecular weight is 400 g/mol. The van der Waals surface area contributed by atoms with Crippen molar-refractivity contribution in [2.45, 2.75) is 12.8 Å². The number of H-pyrrole nitrogens is 1. The van der Waals surface area contributed by atoms with Gasteiger partial charge in [0, 0.05) is 30.2 Å². The van der Waals surface area contributed by atoms with E-state index >= 15 is 0 Å². The number of nitrogens with zero attached hydrogens (tertiary/aromatic N) is 2. The number of fused-ring (bicyclic) bond motifs is 3. The summed E-state index contributed by atoms with van der Waals surface area (Å²) in [5.41, 5.74) is 9.92. The summed E-state index contributed by atoms with van der Waals surface area (Å²) in [4.78, 5) is 21.9. The molecule has 0 saturated heterocycles. The Morgan fingerprint density at radius 1 is 1.20 bits per heavy atom. The average Bonchev–Trinajstić information content (AvgIpc) is 3.13. The van der Waals surface area contributed by atoms with Crippen molar-refractivity contribution >= 4 is 33.5 Å². The van der Waals surface area contributed by atoms with Gasteiger partial charge in [0.25, 0.3) is 5.91 Å². The summed E-state index contributed by atoms with van der Waals surface area (Å²) in [7, 11) is 0. The van der Waals surface area contributed by atoms with Crippen molar-refractivity contribution in [1.82, 2.24) is 9.97 Å². The van der Waals surface area contributed by atoms with Crippen LogP contribution < -0.4 is 10.6 Å². The van der Waals surface area contributed by atoms with Gasteiger partial charge < -0.3 is 15.6 Å². The van der Waals surface area contributed by atoms with Crippen molar-refractivity contribution < 1.29 is 9.18 Å². The molecule has 2 aromatic heterocycles. The number of hydrogen-bond acceptors (Lipinski definition) is 3. The molecule has 0 bridgehead atoms. The van der Waals surface area contributed by atoms with Gasteiger partial charge in [0.05, 0.1) is 16.5 Å². The summed E-state index contributed by atoms with van der Waals surface area (Å²) in [6.07, 6.45) is 5.61. The van der Waals surface area contributed by atoms with Crippen LogP contribution in [0.25, 0.3) is 21.8 Å². The van der Waals surface area contributed by atoms with Crippen LogP contribution >= 0.6 is 0 Å².